The fraction of sp³-hybridized carbons (Fsp3) is 0.143. The van der Waals surface area contributed by atoms with E-state index in [0.29, 0.717) is 17.0 Å². The van der Waals surface area contributed by atoms with E-state index in [1.807, 2.05) is 0 Å². The molecule has 19 heavy (non-hydrogen) atoms. The van der Waals surface area contributed by atoms with Gasteiger partial charge in [0.05, 0.1) is 0 Å². The number of rotatable bonds is 3. The third-order valence-corrected chi connectivity index (χ3v) is 2.57. The maximum Gasteiger partial charge on any atom is 0.341 e. The van der Waals surface area contributed by atoms with Crippen LogP contribution in [0.1, 0.15) is 21.6 Å². The first-order chi connectivity index (χ1) is 8.97. The van der Waals surface area contributed by atoms with E-state index < -0.39 is 5.97 Å². The van der Waals surface area contributed by atoms with Crippen molar-refractivity contribution >= 4 is 5.97 Å². The molecule has 4 nitrogen and oxygen atoms in total. The first-order valence-corrected chi connectivity index (χ1v) is 5.62. The minimum absolute atomic E-state index is 0.00138. The number of carbonyl (C=O) groups is 1. The van der Waals surface area contributed by atoms with Crippen LogP contribution in [0.25, 0.3) is 0 Å². The lowest BCUT2D eigenvalue weighted by atomic mass is 10.2. The minimum Gasteiger partial charge on any atom is -0.477 e. The zero-order valence-corrected chi connectivity index (χ0v) is 10.5. The van der Waals surface area contributed by atoms with Crippen molar-refractivity contribution in [2.75, 3.05) is 0 Å². The Morgan fingerprint density at radius 2 is 2.00 bits per heavy atom. The number of halogens is 1. The molecule has 0 fully saturated rings. The van der Waals surface area contributed by atoms with Crippen LogP contribution in [-0.4, -0.2) is 16.1 Å². The van der Waals surface area contributed by atoms with Gasteiger partial charge >= 0.3 is 5.97 Å². The summed E-state index contributed by atoms with van der Waals surface area (Å²) in [6.45, 7) is 3.33. The molecule has 0 atom stereocenters. The van der Waals surface area contributed by atoms with Gasteiger partial charge in [-0.15, -0.1) is 0 Å². The van der Waals surface area contributed by atoms with Crippen LogP contribution >= 0.6 is 0 Å². The summed E-state index contributed by atoms with van der Waals surface area (Å²) in [6, 6.07) is 7.20. The number of benzene rings is 1. The van der Waals surface area contributed by atoms with Crippen LogP contribution in [0.15, 0.2) is 30.3 Å². The molecule has 0 saturated heterocycles. The molecule has 0 saturated carbocycles. The molecule has 0 bridgehead atoms. The molecule has 0 aliphatic heterocycles. The quantitative estimate of drug-likeness (QED) is 0.920. The molecule has 0 aliphatic carbocycles. The molecule has 0 spiro atoms. The maximum atomic E-state index is 13.1. The van der Waals surface area contributed by atoms with Crippen molar-refractivity contribution in [1.82, 2.24) is 4.98 Å². The molecular weight excluding hydrogens is 249 g/mol. The molecule has 0 unspecified atom stereocenters. The Bertz CT molecular complexity index is 641. The van der Waals surface area contributed by atoms with Gasteiger partial charge in [-0.2, -0.15) is 0 Å². The van der Waals surface area contributed by atoms with E-state index in [9.17, 15) is 9.18 Å². The number of pyridine rings is 1. The molecule has 1 N–H and O–H groups in total. The first kappa shape index (κ1) is 13.0. The predicted octanol–water partition coefficient (Wildman–Crippen LogP) is 3.33. The number of aryl methyl sites for hydroxylation is 2. The fourth-order valence-corrected chi connectivity index (χ4v) is 1.57. The molecule has 0 amide bonds. The summed E-state index contributed by atoms with van der Waals surface area (Å²) in [5, 5.41) is 9.05. The van der Waals surface area contributed by atoms with E-state index in [2.05, 4.69) is 4.98 Å². The lowest BCUT2D eigenvalue weighted by Gasteiger charge is -2.09. The van der Waals surface area contributed by atoms with Crippen LogP contribution < -0.4 is 4.74 Å². The number of carboxylic acids is 1. The van der Waals surface area contributed by atoms with Gasteiger partial charge in [-0.05, 0) is 49.7 Å². The number of hydrogen-bond donors (Lipinski definition) is 1. The van der Waals surface area contributed by atoms with Crippen LogP contribution in [-0.2, 0) is 0 Å². The van der Waals surface area contributed by atoms with Crippen molar-refractivity contribution in [3.8, 4) is 11.6 Å². The van der Waals surface area contributed by atoms with Gasteiger partial charge in [0, 0.05) is 5.69 Å². The molecule has 0 aliphatic rings. The number of aromatic nitrogens is 1. The summed E-state index contributed by atoms with van der Waals surface area (Å²) in [7, 11) is 0. The van der Waals surface area contributed by atoms with Gasteiger partial charge in [-0.1, -0.05) is 0 Å². The number of aromatic carboxylic acids is 1. The number of ether oxygens (including phenoxy) is 1. The second-order valence-corrected chi connectivity index (χ2v) is 4.12. The van der Waals surface area contributed by atoms with Gasteiger partial charge in [0.15, 0.2) is 0 Å². The summed E-state index contributed by atoms with van der Waals surface area (Å²) in [5.74, 6) is -1.12. The smallest absolute Gasteiger partial charge is 0.341 e. The number of hydrogen-bond acceptors (Lipinski definition) is 3. The lowest BCUT2D eigenvalue weighted by molar-refractivity contribution is 0.0693. The van der Waals surface area contributed by atoms with Crippen LogP contribution in [0.5, 0.6) is 11.6 Å². The topological polar surface area (TPSA) is 59.4 Å². The highest BCUT2D eigenvalue weighted by molar-refractivity contribution is 5.90. The molecule has 2 aromatic rings. The van der Waals surface area contributed by atoms with Crippen LogP contribution in [0.3, 0.4) is 0 Å². The molecule has 98 valence electrons. The first-order valence-electron chi connectivity index (χ1n) is 5.62. The van der Waals surface area contributed by atoms with Crippen LogP contribution in [0, 0.1) is 19.7 Å². The molecular formula is C14H12FNO3. The Hall–Kier alpha value is -2.43. The maximum absolute atomic E-state index is 13.1. The summed E-state index contributed by atoms with van der Waals surface area (Å²) < 4.78 is 18.6. The average Bonchev–Trinajstić information content (AvgIpc) is 2.33. The van der Waals surface area contributed by atoms with Crippen molar-refractivity contribution < 1.29 is 19.0 Å². The Morgan fingerprint density at radius 1 is 1.26 bits per heavy atom. The zero-order chi connectivity index (χ0) is 14.0. The van der Waals surface area contributed by atoms with Gasteiger partial charge in [-0.3, -0.25) is 0 Å². The van der Waals surface area contributed by atoms with Gasteiger partial charge < -0.3 is 9.84 Å². The standard InChI is InChI=1S/C14H12FNO3/c1-8-7-10(4-6-12(8)15)19-13-11(14(17)18)5-3-9(2)16-13/h3-7H,1-2H3,(H,17,18). The molecule has 1 heterocycles. The fourth-order valence-electron chi connectivity index (χ4n) is 1.57. The number of carboxylic acid groups (broad SMARTS) is 1. The molecule has 1 aromatic carbocycles. The Morgan fingerprint density at radius 3 is 2.63 bits per heavy atom. The van der Waals surface area contributed by atoms with E-state index >= 15 is 0 Å². The van der Waals surface area contributed by atoms with Gasteiger partial charge in [-0.25, -0.2) is 14.2 Å². The molecule has 1 aromatic heterocycles. The van der Waals surface area contributed by atoms with Crippen molar-refractivity contribution in [3.63, 3.8) is 0 Å². The second kappa shape index (κ2) is 5.06. The summed E-state index contributed by atoms with van der Waals surface area (Å²) in [4.78, 5) is 15.1. The molecule has 5 heteroatoms. The van der Waals surface area contributed by atoms with E-state index in [1.165, 1.54) is 24.3 Å². The lowest BCUT2D eigenvalue weighted by Crippen LogP contribution is -2.03. The normalized spacial score (nSPS) is 10.3. The van der Waals surface area contributed by atoms with Gasteiger partial charge in [0.1, 0.15) is 17.1 Å². The van der Waals surface area contributed by atoms with Crippen LogP contribution in [0.2, 0.25) is 0 Å². The minimum atomic E-state index is -1.12. The van der Waals surface area contributed by atoms with Crippen molar-refractivity contribution in [2.24, 2.45) is 0 Å². The Balaban J connectivity index is 2.39. The van der Waals surface area contributed by atoms with Crippen molar-refractivity contribution in [1.29, 1.82) is 0 Å². The zero-order valence-electron chi connectivity index (χ0n) is 10.5. The van der Waals surface area contributed by atoms with E-state index in [0.717, 1.165) is 0 Å². The highest BCUT2D eigenvalue weighted by atomic mass is 19.1. The van der Waals surface area contributed by atoms with E-state index in [-0.39, 0.29) is 17.3 Å². The molecule has 0 radical (unpaired) electrons. The summed E-state index contributed by atoms with van der Waals surface area (Å²) in [5.41, 5.74) is 1.02. The second-order valence-electron chi connectivity index (χ2n) is 4.12. The van der Waals surface area contributed by atoms with E-state index in [4.69, 9.17) is 9.84 Å². The molecule has 2 rings (SSSR count). The van der Waals surface area contributed by atoms with E-state index in [1.54, 1.807) is 19.9 Å². The van der Waals surface area contributed by atoms with Crippen LogP contribution in [0.4, 0.5) is 4.39 Å². The Labute approximate surface area is 109 Å². The monoisotopic (exact) mass is 261 g/mol. The van der Waals surface area contributed by atoms with Crippen molar-refractivity contribution in [2.45, 2.75) is 13.8 Å². The van der Waals surface area contributed by atoms with Crippen molar-refractivity contribution in [3.05, 3.63) is 53.0 Å². The predicted molar refractivity (Wildman–Crippen MR) is 67.1 cm³/mol. The Kier molecular flexibility index (Phi) is 3.46. The number of nitrogens with zero attached hydrogens (tertiary/aromatic N) is 1. The largest absolute Gasteiger partial charge is 0.477 e. The third kappa shape index (κ3) is 2.88. The van der Waals surface area contributed by atoms with Gasteiger partial charge in [0.2, 0.25) is 5.88 Å². The summed E-state index contributed by atoms with van der Waals surface area (Å²) in [6.07, 6.45) is 0. The average molecular weight is 261 g/mol. The highest BCUT2D eigenvalue weighted by Gasteiger charge is 2.14. The van der Waals surface area contributed by atoms with Gasteiger partial charge in [0.25, 0.3) is 0 Å². The third-order valence-electron chi connectivity index (χ3n) is 2.57. The summed E-state index contributed by atoms with van der Waals surface area (Å²) >= 11 is 0. The SMILES string of the molecule is Cc1ccc(C(=O)O)c(Oc2ccc(F)c(C)c2)n1. The highest BCUT2D eigenvalue weighted by Crippen LogP contribution is 2.25.